The van der Waals surface area contributed by atoms with Gasteiger partial charge in [-0.25, -0.2) is 0 Å². The second kappa shape index (κ2) is 3.87. The van der Waals surface area contributed by atoms with E-state index in [2.05, 4.69) is 26.0 Å². The molecule has 1 N–H and O–H groups in total. The number of rotatable bonds is 1. The zero-order chi connectivity index (χ0) is 10.2. The van der Waals surface area contributed by atoms with E-state index in [0.29, 0.717) is 5.25 Å². The highest BCUT2D eigenvalue weighted by Crippen LogP contribution is 2.43. The molecule has 1 aromatic rings. The van der Waals surface area contributed by atoms with Crippen LogP contribution in [0.2, 0.25) is 0 Å². The van der Waals surface area contributed by atoms with Crippen molar-refractivity contribution in [1.29, 1.82) is 0 Å². The van der Waals surface area contributed by atoms with Crippen LogP contribution in [0.3, 0.4) is 0 Å². The maximum atomic E-state index is 10.6. The Morgan fingerprint density at radius 3 is 2.86 bits per heavy atom. The number of aliphatic hydroxyl groups is 1. The summed E-state index contributed by atoms with van der Waals surface area (Å²) in [5, 5.41) is 10.9. The molecule has 0 saturated carbocycles. The smallest absolute Gasteiger partial charge is 0.110 e. The van der Waals surface area contributed by atoms with Crippen LogP contribution in [0.1, 0.15) is 29.5 Å². The van der Waals surface area contributed by atoms with E-state index in [1.54, 1.807) is 11.3 Å². The van der Waals surface area contributed by atoms with Crippen LogP contribution in [0, 0.1) is 6.92 Å². The molecule has 0 radical (unpaired) electrons. The summed E-state index contributed by atoms with van der Waals surface area (Å²) in [6, 6.07) is 4.19. The summed E-state index contributed by atoms with van der Waals surface area (Å²) in [5.41, 5.74) is -0.568. The number of aryl methyl sites for hydroxylation is 1. The fraction of sp³-hybridized carbons (Fsp3) is 0.636. The average Bonchev–Trinajstić information content (AvgIpc) is 2.58. The molecule has 0 spiro atoms. The van der Waals surface area contributed by atoms with E-state index in [-0.39, 0.29) is 0 Å². The number of thioether (sulfide) groups is 1. The minimum absolute atomic E-state index is 0.328. The van der Waals surface area contributed by atoms with E-state index in [9.17, 15) is 5.11 Å². The third-order valence-corrected chi connectivity index (χ3v) is 5.49. The molecule has 2 atom stereocenters. The van der Waals surface area contributed by atoms with Gasteiger partial charge in [0.05, 0.1) is 0 Å². The SMILES string of the molecule is Cc1ccc(C2(O)CCCSC2C)s1. The molecule has 1 nitrogen and oxygen atoms in total. The lowest BCUT2D eigenvalue weighted by Crippen LogP contribution is -2.37. The Hall–Kier alpha value is 0.01000. The van der Waals surface area contributed by atoms with E-state index in [1.165, 1.54) is 10.6 Å². The largest absolute Gasteiger partial charge is 0.383 e. The molecule has 2 rings (SSSR count). The number of hydrogen-bond acceptors (Lipinski definition) is 3. The van der Waals surface area contributed by atoms with Crippen LogP contribution in [-0.2, 0) is 5.60 Å². The highest BCUT2D eigenvalue weighted by Gasteiger charge is 2.39. The molecular formula is C11H16OS2. The van der Waals surface area contributed by atoms with Crippen LogP contribution in [0.5, 0.6) is 0 Å². The van der Waals surface area contributed by atoms with Crippen LogP contribution in [0.25, 0.3) is 0 Å². The number of hydrogen-bond donors (Lipinski definition) is 1. The van der Waals surface area contributed by atoms with Crippen molar-refractivity contribution in [3.8, 4) is 0 Å². The van der Waals surface area contributed by atoms with Crippen LogP contribution in [-0.4, -0.2) is 16.1 Å². The van der Waals surface area contributed by atoms with Crippen molar-refractivity contribution in [2.24, 2.45) is 0 Å². The maximum absolute atomic E-state index is 10.6. The molecule has 3 heteroatoms. The summed E-state index contributed by atoms with van der Waals surface area (Å²) in [5.74, 6) is 1.19. The Labute approximate surface area is 93.5 Å². The lowest BCUT2D eigenvalue weighted by atomic mass is 9.92. The first-order valence-corrected chi connectivity index (χ1v) is 6.90. The number of thiophene rings is 1. The molecule has 2 heterocycles. The Morgan fingerprint density at radius 2 is 2.29 bits per heavy atom. The molecule has 1 aromatic heterocycles. The summed E-state index contributed by atoms with van der Waals surface area (Å²) in [6.07, 6.45) is 2.05. The molecule has 14 heavy (non-hydrogen) atoms. The Bertz CT molecular complexity index is 321. The van der Waals surface area contributed by atoms with Crippen LogP contribution >= 0.6 is 23.1 Å². The molecule has 0 bridgehead atoms. The zero-order valence-electron chi connectivity index (χ0n) is 8.62. The molecule has 78 valence electrons. The van der Waals surface area contributed by atoms with Crippen molar-refractivity contribution in [2.45, 2.75) is 37.5 Å². The Kier molecular flexibility index (Phi) is 2.91. The van der Waals surface area contributed by atoms with E-state index in [0.717, 1.165) is 17.7 Å². The van der Waals surface area contributed by atoms with Gasteiger partial charge in [0.25, 0.3) is 0 Å². The lowest BCUT2D eigenvalue weighted by Gasteiger charge is -2.36. The second-order valence-corrected chi connectivity index (χ2v) is 6.69. The van der Waals surface area contributed by atoms with Crippen molar-refractivity contribution in [3.63, 3.8) is 0 Å². The molecule has 1 saturated heterocycles. The van der Waals surface area contributed by atoms with Gasteiger partial charge in [-0.1, -0.05) is 6.92 Å². The second-order valence-electron chi connectivity index (χ2n) is 3.95. The molecule has 1 aliphatic heterocycles. The third kappa shape index (κ3) is 1.73. The van der Waals surface area contributed by atoms with E-state index in [1.807, 2.05) is 11.8 Å². The molecule has 2 unspecified atom stereocenters. The van der Waals surface area contributed by atoms with Crippen molar-refractivity contribution in [2.75, 3.05) is 5.75 Å². The van der Waals surface area contributed by atoms with Gasteiger partial charge in [0.15, 0.2) is 0 Å². The van der Waals surface area contributed by atoms with Crippen LogP contribution in [0.4, 0.5) is 0 Å². The highest BCUT2D eigenvalue weighted by molar-refractivity contribution is 8.00. The van der Waals surface area contributed by atoms with Crippen molar-refractivity contribution >= 4 is 23.1 Å². The van der Waals surface area contributed by atoms with Gasteiger partial charge in [-0.2, -0.15) is 11.8 Å². The normalized spacial score (nSPS) is 33.2. The molecule has 0 amide bonds. The first-order chi connectivity index (χ1) is 6.63. The van der Waals surface area contributed by atoms with Gasteiger partial charge in [0.2, 0.25) is 0 Å². The quantitative estimate of drug-likeness (QED) is 0.797. The summed E-state index contributed by atoms with van der Waals surface area (Å²) >= 11 is 3.62. The van der Waals surface area contributed by atoms with Gasteiger partial charge in [0, 0.05) is 15.0 Å². The van der Waals surface area contributed by atoms with Crippen LogP contribution in [0.15, 0.2) is 12.1 Å². The molecule has 1 fully saturated rings. The van der Waals surface area contributed by atoms with E-state index in [4.69, 9.17) is 0 Å². The minimum Gasteiger partial charge on any atom is -0.383 e. The van der Waals surface area contributed by atoms with E-state index >= 15 is 0 Å². The topological polar surface area (TPSA) is 20.2 Å². The summed E-state index contributed by atoms with van der Waals surface area (Å²) < 4.78 is 0. The molecule has 1 aliphatic rings. The zero-order valence-corrected chi connectivity index (χ0v) is 10.3. The van der Waals surface area contributed by atoms with Crippen molar-refractivity contribution in [3.05, 3.63) is 21.9 Å². The van der Waals surface area contributed by atoms with Gasteiger partial charge in [0.1, 0.15) is 5.60 Å². The summed E-state index contributed by atoms with van der Waals surface area (Å²) in [6.45, 7) is 4.23. The molecule has 0 aliphatic carbocycles. The fourth-order valence-electron chi connectivity index (χ4n) is 1.93. The third-order valence-electron chi connectivity index (χ3n) is 2.91. The molecular weight excluding hydrogens is 212 g/mol. The predicted octanol–water partition coefficient (Wildman–Crippen LogP) is 3.16. The fourth-order valence-corrected chi connectivity index (χ4v) is 4.27. The van der Waals surface area contributed by atoms with Crippen LogP contribution < -0.4 is 0 Å². The first-order valence-electron chi connectivity index (χ1n) is 5.04. The summed E-state index contributed by atoms with van der Waals surface area (Å²) in [7, 11) is 0. The predicted molar refractivity (Wildman–Crippen MR) is 64.1 cm³/mol. The van der Waals surface area contributed by atoms with Gasteiger partial charge in [-0.15, -0.1) is 11.3 Å². The summed E-state index contributed by atoms with van der Waals surface area (Å²) in [4.78, 5) is 2.44. The van der Waals surface area contributed by atoms with E-state index < -0.39 is 5.60 Å². The first kappa shape index (κ1) is 10.5. The van der Waals surface area contributed by atoms with Gasteiger partial charge in [-0.05, 0) is 37.7 Å². The van der Waals surface area contributed by atoms with Crippen molar-refractivity contribution < 1.29 is 5.11 Å². The maximum Gasteiger partial charge on any atom is 0.110 e. The standard InChI is InChI=1S/C11H16OS2/c1-8-4-5-10(14-8)11(12)6-3-7-13-9(11)2/h4-5,9,12H,3,6-7H2,1-2H3. The van der Waals surface area contributed by atoms with Crippen molar-refractivity contribution in [1.82, 2.24) is 0 Å². The Balaban J connectivity index is 2.29. The lowest BCUT2D eigenvalue weighted by molar-refractivity contribution is 0.0291. The van der Waals surface area contributed by atoms with Gasteiger partial charge < -0.3 is 5.11 Å². The van der Waals surface area contributed by atoms with Gasteiger partial charge >= 0.3 is 0 Å². The monoisotopic (exact) mass is 228 g/mol. The Morgan fingerprint density at radius 1 is 1.50 bits per heavy atom. The molecule has 0 aromatic carbocycles. The highest BCUT2D eigenvalue weighted by atomic mass is 32.2. The van der Waals surface area contributed by atoms with Gasteiger partial charge in [-0.3, -0.25) is 0 Å². The average molecular weight is 228 g/mol. The minimum atomic E-state index is -0.568.